The van der Waals surface area contributed by atoms with Gasteiger partial charge in [0.05, 0.1) is 26.2 Å². The average Bonchev–Trinajstić information content (AvgIpc) is 2.73. The molecule has 0 aliphatic carbocycles. The lowest BCUT2D eigenvalue weighted by Gasteiger charge is -2.36. The molecule has 0 saturated carbocycles. The first-order valence-corrected chi connectivity index (χ1v) is 10.0. The smallest absolute Gasteiger partial charge is 0.282 e. The molecule has 0 unspecified atom stereocenters. The van der Waals surface area contributed by atoms with Gasteiger partial charge in [-0.05, 0) is 37.3 Å². The minimum atomic E-state index is -0.130. The summed E-state index contributed by atoms with van der Waals surface area (Å²) in [7, 11) is 0. The summed E-state index contributed by atoms with van der Waals surface area (Å²) < 4.78 is 11.1. The van der Waals surface area contributed by atoms with E-state index >= 15 is 0 Å². The molecule has 1 atom stereocenters. The maximum atomic E-state index is 12.7. The van der Waals surface area contributed by atoms with Crippen LogP contribution in [0.25, 0.3) is 0 Å². The summed E-state index contributed by atoms with van der Waals surface area (Å²) in [6, 6.07) is 13.3. The molecule has 6 nitrogen and oxygen atoms in total. The Morgan fingerprint density at radius 1 is 1.11 bits per heavy atom. The molecule has 2 aromatic carbocycles. The Hall–Kier alpha value is -2.44. The van der Waals surface area contributed by atoms with Gasteiger partial charge in [0.25, 0.3) is 5.91 Å². The molecule has 1 amide bonds. The van der Waals surface area contributed by atoms with Crippen LogP contribution in [0.1, 0.15) is 6.92 Å². The van der Waals surface area contributed by atoms with Crippen molar-refractivity contribution in [1.29, 1.82) is 0 Å². The number of carbonyl (C=O) groups excluding carboxylic acids is 1. The number of halogens is 1. The van der Waals surface area contributed by atoms with Crippen LogP contribution in [0.4, 0.5) is 11.4 Å². The Morgan fingerprint density at radius 2 is 1.86 bits per heavy atom. The minimum Gasteiger partial charge on any atom is -0.486 e. The second-order valence-electron chi connectivity index (χ2n) is 7.19. The van der Waals surface area contributed by atoms with Gasteiger partial charge in [-0.2, -0.15) is 0 Å². The lowest BCUT2D eigenvalue weighted by molar-refractivity contribution is -0.914. The number of piperazine rings is 1. The second kappa shape index (κ2) is 8.29. The molecule has 148 valence electrons. The highest BCUT2D eigenvalue weighted by Gasteiger charge is 2.29. The topological polar surface area (TPSA) is 55.2 Å². The molecule has 2 heterocycles. The fourth-order valence-electron chi connectivity index (χ4n) is 3.71. The van der Waals surface area contributed by atoms with E-state index in [9.17, 15) is 4.79 Å². The molecular weight excluding hydrogens is 378 g/mol. The van der Waals surface area contributed by atoms with Crippen molar-refractivity contribution < 1.29 is 19.2 Å². The fourth-order valence-corrected chi connectivity index (χ4v) is 3.90. The highest BCUT2D eigenvalue weighted by Crippen LogP contribution is 2.32. The number of fused-ring (bicyclic) bond motifs is 1. The number of hydrogen-bond acceptors (Lipinski definition) is 4. The van der Waals surface area contributed by atoms with Gasteiger partial charge in [0.2, 0.25) is 0 Å². The molecule has 2 aliphatic heterocycles. The highest BCUT2D eigenvalue weighted by atomic mass is 35.5. The van der Waals surface area contributed by atoms with Gasteiger partial charge >= 0.3 is 0 Å². The number of rotatable bonds is 4. The summed E-state index contributed by atoms with van der Waals surface area (Å²) in [5, 5.41) is 3.76. The maximum Gasteiger partial charge on any atom is 0.282 e. The van der Waals surface area contributed by atoms with Crippen LogP contribution in [0.15, 0.2) is 42.5 Å². The standard InChI is InChI=1S/C21H24ClN3O3/c1-15(21(26)23-17-5-6-19-20(14-17)28-12-11-27-19)24-7-9-25(10-8-24)18-4-2-3-16(22)13-18/h2-6,13-15H,7-12H2,1H3,(H,23,26)/p+1/t15-/m0/s1. The second-order valence-corrected chi connectivity index (χ2v) is 7.63. The molecule has 1 fully saturated rings. The van der Waals surface area contributed by atoms with E-state index in [-0.39, 0.29) is 11.9 Å². The molecule has 2 aromatic rings. The predicted molar refractivity (Wildman–Crippen MR) is 110 cm³/mol. The van der Waals surface area contributed by atoms with Crippen LogP contribution in [0.2, 0.25) is 5.02 Å². The molecule has 0 aromatic heterocycles. The van der Waals surface area contributed by atoms with E-state index in [4.69, 9.17) is 21.1 Å². The zero-order chi connectivity index (χ0) is 19.5. The quantitative estimate of drug-likeness (QED) is 0.819. The first kappa shape index (κ1) is 18.9. The molecule has 1 saturated heterocycles. The predicted octanol–water partition coefficient (Wildman–Crippen LogP) is 1.84. The van der Waals surface area contributed by atoms with E-state index in [2.05, 4.69) is 16.3 Å². The maximum absolute atomic E-state index is 12.7. The fraction of sp³-hybridized carbons (Fsp3) is 0.381. The molecule has 0 bridgehead atoms. The molecular formula is C21H25ClN3O3+. The zero-order valence-corrected chi connectivity index (χ0v) is 16.7. The minimum absolute atomic E-state index is 0.0166. The SMILES string of the molecule is C[C@@H](C(=O)Nc1ccc2c(c1)OCCO2)[NH+]1CCN(c2cccc(Cl)c2)CC1. The lowest BCUT2D eigenvalue weighted by Crippen LogP contribution is -3.19. The van der Waals surface area contributed by atoms with Gasteiger partial charge in [0, 0.05) is 22.5 Å². The number of nitrogens with one attached hydrogen (secondary N) is 2. The van der Waals surface area contributed by atoms with Crippen LogP contribution in [0, 0.1) is 0 Å². The third kappa shape index (κ3) is 4.18. The first-order chi connectivity index (χ1) is 13.6. The number of quaternary nitrogens is 1. The molecule has 7 heteroatoms. The van der Waals surface area contributed by atoms with Gasteiger partial charge in [-0.15, -0.1) is 0 Å². The number of anilines is 2. The van der Waals surface area contributed by atoms with Gasteiger partial charge in [0.15, 0.2) is 17.5 Å². The van der Waals surface area contributed by atoms with Crippen molar-refractivity contribution in [2.45, 2.75) is 13.0 Å². The van der Waals surface area contributed by atoms with E-state index < -0.39 is 0 Å². The van der Waals surface area contributed by atoms with Crippen molar-refractivity contribution in [1.82, 2.24) is 0 Å². The molecule has 2 aliphatic rings. The summed E-state index contributed by atoms with van der Waals surface area (Å²) in [5.41, 5.74) is 1.87. The molecule has 4 rings (SSSR count). The van der Waals surface area contributed by atoms with Crippen LogP contribution in [0.3, 0.4) is 0 Å². The van der Waals surface area contributed by atoms with Crippen LogP contribution in [-0.4, -0.2) is 51.3 Å². The number of ether oxygens (including phenoxy) is 2. The number of hydrogen-bond donors (Lipinski definition) is 2. The Kier molecular flexibility index (Phi) is 5.59. The third-order valence-corrected chi connectivity index (χ3v) is 5.63. The van der Waals surface area contributed by atoms with Gasteiger partial charge in [0.1, 0.15) is 13.2 Å². The normalized spacial score (nSPS) is 17.9. The van der Waals surface area contributed by atoms with Crippen molar-refractivity contribution in [3.8, 4) is 11.5 Å². The van der Waals surface area contributed by atoms with Crippen molar-refractivity contribution >= 4 is 28.9 Å². The van der Waals surface area contributed by atoms with Gasteiger partial charge in [-0.3, -0.25) is 4.79 Å². The summed E-state index contributed by atoms with van der Waals surface area (Å²) in [6.07, 6.45) is 0. The van der Waals surface area contributed by atoms with Crippen LogP contribution < -0.4 is 24.6 Å². The van der Waals surface area contributed by atoms with Crippen molar-refractivity contribution in [3.63, 3.8) is 0 Å². The third-order valence-electron chi connectivity index (χ3n) is 5.39. The average molecular weight is 403 g/mol. The number of benzene rings is 2. The Morgan fingerprint density at radius 3 is 2.61 bits per heavy atom. The summed E-state index contributed by atoms with van der Waals surface area (Å²) in [6.45, 7) is 6.68. The first-order valence-electron chi connectivity index (χ1n) is 9.66. The van der Waals surface area contributed by atoms with E-state index in [1.54, 1.807) is 0 Å². The molecule has 0 radical (unpaired) electrons. The van der Waals surface area contributed by atoms with E-state index in [1.807, 2.05) is 43.3 Å². The van der Waals surface area contributed by atoms with Crippen LogP contribution in [-0.2, 0) is 4.79 Å². The largest absolute Gasteiger partial charge is 0.486 e. The van der Waals surface area contributed by atoms with E-state index in [1.165, 1.54) is 4.90 Å². The number of amides is 1. The van der Waals surface area contributed by atoms with E-state index in [0.717, 1.165) is 48.3 Å². The van der Waals surface area contributed by atoms with Gasteiger partial charge in [-0.1, -0.05) is 17.7 Å². The van der Waals surface area contributed by atoms with Gasteiger partial charge < -0.3 is 24.6 Å². The number of nitrogens with zero attached hydrogens (tertiary/aromatic N) is 1. The molecule has 28 heavy (non-hydrogen) atoms. The summed E-state index contributed by atoms with van der Waals surface area (Å²) in [5.74, 6) is 1.42. The summed E-state index contributed by atoms with van der Waals surface area (Å²) in [4.78, 5) is 16.3. The Balaban J connectivity index is 1.33. The molecule has 0 spiro atoms. The Labute approximate surface area is 170 Å². The highest BCUT2D eigenvalue weighted by molar-refractivity contribution is 6.30. The summed E-state index contributed by atoms with van der Waals surface area (Å²) >= 11 is 6.10. The van der Waals surface area contributed by atoms with Crippen molar-refractivity contribution in [3.05, 3.63) is 47.5 Å². The number of carbonyl (C=O) groups is 1. The van der Waals surface area contributed by atoms with Crippen LogP contribution in [0.5, 0.6) is 11.5 Å². The molecule has 2 N–H and O–H groups in total. The van der Waals surface area contributed by atoms with Crippen molar-refractivity contribution in [2.75, 3.05) is 49.6 Å². The lowest BCUT2D eigenvalue weighted by atomic mass is 10.2. The zero-order valence-electron chi connectivity index (χ0n) is 15.9. The Bertz CT molecular complexity index is 853. The van der Waals surface area contributed by atoms with Crippen LogP contribution >= 0.6 is 11.6 Å². The monoisotopic (exact) mass is 402 g/mol. The van der Waals surface area contributed by atoms with E-state index in [0.29, 0.717) is 19.0 Å². The van der Waals surface area contributed by atoms with Gasteiger partial charge in [-0.25, -0.2) is 0 Å². The van der Waals surface area contributed by atoms with Crippen molar-refractivity contribution in [2.24, 2.45) is 0 Å².